The average molecular weight is 696 g/mol. The molecule has 278 valence electrons. The lowest BCUT2D eigenvalue weighted by Gasteiger charge is -2.23. The van der Waals surface area contributed by atoms with Gasteiger partial charge in [0.25, 0.3) is 0 Å². The minimum Gasteiger partial charge on any atom is -0.493 e. The molecule has 3 aromatic rings. The molecule has 2 aliphatic heterocycles. The Morgan fingerprint density at radius 1 is 1.08 bits per heavy atom. The molecule has 1 aromatic carbocycles. The van der Waals surface area contributed by atoms with E-state index in [9.17, 15) is 4.79 Å². The lowest BCUT2D eigenvalue weighted by Crippen LogP contribution is -2.34. The first-order chi connectivity index (χ1) is 24.3. The average Bonchev–Trinajstić information content (AvgIpc) is 3.32. The van der Waals surface area contributed by atoms with Gasteiger partial charge in [-0.05, 0) is 70.5 Å². The molecule has 12 nitrogen and oxygen atoms in total. The fourth-order valence-electron chi connectivity index (χ4n) is 5.26. The number of nitrogens with one attached hydrogen (secondary N) is 1. The number of aliphatic hydroxyl groups is 1. The van der Waals surface area contributed by atoms with E-state index in [1.165, 1.54) is 12.1 Å². The summed E-state index contributed by atoms with van der Waals surface area (Å²) in [5.41, 5.74) is 5.80. The molecule has 5 rings (SSSR count). The second kappa shape index (κ2) is 25.9. The highest BCUT2D eigenvalue weighted by atomic mass is 16.5. The Labute approximate surface area is 299 Å². The zero-order chi connectivity index (χ0) is 37.3. The van der Waals surface area contributed by atoms with E-state index in [0.717, 1.165) is 92.6 Å². The van der Waals surface area contributed by atoms with E-state index in [4.69, 9.17) is 24.4 Å². The van der Waals surface area contributed by atoms with Gasteiger partial charge in [-0.3, -0.25) is 19.4 Å². The van der Waals surface area contributed by atoms with Crippen molar-refractivity contribution < 1.29 is 24.2 Å². The molecule has 12 heteroatoms. The number of aliphatic hydroxyl groups excluding tert-OH is 1. The third-order valence-electron chi connectivity index (χ3n) is 7.51. The van der Waals surface area contributed by atoms with E-state index < -0.39 is 0 Å². The monoisotopic (exact) mass is 695 g/mol. The number of likely N-dealkylation sites (N-methyl/N-ethyl adjacent to an activating group) is 1. The van der Waals surface area contributed by atoms with E-state index in [1.54, 1.807) is 11.6 Å². The maximum Gasteiger partial charge on any atom is 0.231 e. The summed E-state index contributed by atoms with van der Waals surface area (Å²) in [6.45, 7) is 21.8. The van der Waals surface area contributed by atoms with E-state index >= 15 is 0 Å². The second-order valence-corrected chi connectivity index (χ2v) is 11.5. The third kappa shape index (κ3) is 15.3. The molecule has 0 atom stereocenters. The van der Waals surface area contributed by atoms with Crippen LogP contribution in [0.25, 0.3) is 0 Å². The van der Waals surface area contributed by atoms with E-state index in [2.05, 4.69) is 51.3 Å². The van der Waals surface area contributed by atoms with Gasteiger partial charge in [0.2, 0.25) is 5.91 Å². The van der Waals surface area contributed by atoms with E-state index in [0.29, 0.717) is 12.4 Å². The van der Waals surface area contributed by atoms with Crippen LogP contribution in [0, 0.1) is 6.92 Å². The van der Waals surface area contributed by atoms with Crippen LogP contribution in [0.3, 0.4) is 0 Å². The van der Waals surface area contributed by atoms with Crippen molar-refractivity contribution in [3.63, 3.8) is 0 Å². The van der Waals surface area contributed by atoms with Crippen molar-refractivity contribution in [3.8, 4) is 5.75 Å². The fourth-order valence-corrected chi connectivity index (χ4v) is 5.26. The summed E-state index contributed by atoms with van der Waals surface area (Å²) in [6.07, 6.45) is 6.95. The van der Waals surface area contributed by atoms with Crippen LogP contribution in [0.5, 0.6) is 5.75 Å². The fraction of sp³-hybridized carbons (Fsp3) is 0.553. The van der Waals surface area contributed by atoms with Crippen LogP contribution in [-0.4, -0.2) is 108 Å². The minimum atomic E-state index is -0.0903. The van der Waals surface area contributed by atoms with Crippen LogP contribution in [0.15, 0.2) is 47.7 Å². The number of carbonyl (C=O) groups is 2. The Morgan fingerprint density at radius 3 is 2.44 bits per heavy atom. The summed E-state index contributed by atoms with van der Waals surface area (Å²) >= 11 is 0. The molecule has 2 aliphatic rings. The maximum atomic E-state index is 12.4. The van der Waals surface area contributed by atoms with Gasteiger partial charge in [-0.25, -0.2) is 4.99 Å². The molecular weight excluding hydrogens is 634 g/mol. The number of ether oxygens (including phenoxy) is 2. The molecule has 0 saturated carbocycles. The standard InChI is InChI=1S/C19H24N4O2.C14H23N3O.C2H6O.C2H6.CH2O/c1-5-7-14-18-15(23(4)22-14)11-17(24)20-19(21-18)13-10-12(3)8-9-16(13)25-6-2;1-16(13-14-3-5-15-6-4-14)8-9-17-7-2-11-18-12-10-17;1-2-3;2*1-2/h8-10H,5-7,11H2,1-4H3,(H,20,21,24);3-6H,2,7-13H2,1H3;3H,2H2,1H3;1-2H3;1H2. The van der Waals surface area contributed by atoms with Crippen molar-refractivity contribution in [1.29, 1.82) is 0 Å². The Morgan fingerprint density at radius 2 is 1.78 bits per heavy atom. The third-order valence-corrected chi connectivity index (χ3v) is 7.51. The van der Waals surface area contributed by atoms with Gasteiger partial charge in [-0.2, -0.15) is 5.10 Å². The summed E-state index contributed by atoms with van der Waals surface area (Å²) in [5, 5.41) is 15.1. The first-order valence-corrected chi connectivity index (χ1v) is 17.7. The number of nitrogens with zero attached hydrogens (tertiary/aromatic N) is 6. The highest BCUT2D eigenvalue weighted by Gasteiger charge is 2.25. The topological polar surface area (TPSA) is 134 Å². The lowest BCUT2D eigenvalue weighted by molar-refractivity contribution is -0.119. The number of fused-ring (bicyclic) bond motifs is 1. The quantitative estimate of drug-likeness (QED) is 0.304. The summed E-state index contributed by atoms with van der Waals surface area (Å²) in [4.78, 5) is 34.1. The summed E-state index contributed by atoms with van der Waals surface area (Å²) in [6, 6.07) is 10.1. The molecule has 2 aromatic heterocycles. The molecular formula is C38H61N7O5. The lowest BCUT2D eigenvalue weighted by atomic mass is 10.1. The first kappa shape index (κ1) is 44.1. The summed E-state index contributed by atoms with van der Waals surface area (Å²) < 4.78 is 13.0. The van der Waals surface area contributed by atoms with Crippen molar-refractivity contribution in [1.82, 2.24) is 29.9 Å². The number of aryl methyl sites for hydroxylation is 3. The van der Waals surface area contributed by atoms with Crippen molar-refractivity contribution in [2.75, 3.05) is 59.7 Å². The van der Waals surface area contributed by atoms with Gasteiger partial charge in [-0.15, -0.1) is 0 Å². The number of amidine groups is 1. The van der Waals surface area contributed by atoms with E-state index in [-0.39, 0.29) is 18.9 Å². The van der Waals surface area contributed by atoms with Gasteiger partial charge in [0.1, 0.15) is 24.1 Å². The van der Waals surface area contributed by atoms with Crippen molar-refractivity contribution in [3.05, 3.63) is 70.8 Å². The molecule has 1 fully saturated rings. The molecule has 50 heavy (non-hydrogen) atoms. The molecule has 4 heterocycles. The van der Waals surface area contributed by atoms with Crippen molar-refractivity contribution in [2.45, 2.75) is 73.8 Å². The van der Waals surface area contributed by atoms with Gasteiger partial charge in [-0.1, -0.05) is 38.8 Å². The molecule has 0 aliphatic carbocycles. The second-order valence-electron chi connectivity index (χ2n) is 11.5. The van der Waals surface area contributed by atoms with E-state index in [1.807, 2.05) is 72.1 Å². The number of pyridine rings is 1. The number of aromatic nitrogens is 3. The highest BCUT2D eigenvalue weighted by molar-refractivity contribution is 6.12. The Balaban J connectivity index is 0.000000439. The smallest absolute Gasteiger partial charge is 0.231 e. The number of benzene rings is 1. The van der Waals surface area contributed by atoms with Gasteiger partial charge in [0.05, 0.1) is 36.6 Å². The minimum absolute atomic E-state index is 0.0903. The Kier molecular flexibility index (Phi) is 22.8. The SMILES string of the molecule is C=O.CC.CCCc1nn(C)c2c1N=C(c1cc(C)ccc1OCC)NC(=O)C2.CCO.CN(CCN1CCCOCC1)Cc1ccncc1. The number of aliphatic imine (C=N–C) groups is 1. The number of hydrogen-bond acceptors (Lipinski definition) is 10. The summed E-state index contributed by atoms with van der Waals surface area (Å²) in [5.74, 6) is 1.16. The molecule has 0 bridgehead atoms. The molecule has 1 saturated heterocycles. The van der Waals surface area contributed by atoms with Crippen LogP contribution >= 0.6 is 0 Å². The normalized spacial score (nSPS) is 13.9. The van der Waals surface area contributed by atoms with Gasteiger partial charge in [0.15, 0.2) is 0 Å². The molecule has 1 amide bonds. The molecule has 0 radical (unpaired) electrons. The zero-order valence-electron chi connectivity index (χ0n) is 31.7. The van der Waals surface area contributed by atoms with Gasteiger partial charge in [0, 0.05) is 65.4 Å². The predicted molar refractivity (Wildman–Crippen MR) is 201 cm³/mol. The zero-order valence-corrected chi connectivity index (χ0v) is 31.7. The van der Waals surface area contributed by atoms with Crippen LogP contribution in [-0.2, 0) is 40.8 Å². The molecule has 0 unspecified atom stereocenters. The Bertz CT molecular complexity index is 1390. The molecule has 2 N–H and O–H groups in total. The first-order valence-electron chi connectivity index (χ1n) is 17.7. The summed E-state index contributed by atoms with van der Waals surface area (Å²) in [7, 11) is 4.04. The van der Waals surface area contributed by atoms with Gasteiger partial charge < -0.3 is 29.6 Å². The van der Waals surface area contributed by atoms with Gasteiger partial charge >= 0.3 is 0 Å². The van der Waals surface area contributed by atoms with Crippen molar-refractivity contribution >= 4 is 24.2 Å². The predicted octanol–water partition coefficient (Wildman–Crippen LogP) is 4.91. The van der Waals surface area contributed by atoms with Crippen LogP contribution in [0.4, 0.5) is 5.69 Å². The van der Waals surface area contributed by atoms with Crippen LogP contribution in [0.2, 0.25) is 0 Å². The highest BCUT2D eigenvalue weighted by Crippen LogP contribution is 2.30. The number of carbonyl (C=O) groups excluding carboxylic acids is 2. The number of hydrogen-bond donors (Lipinski definition) is 2. The number of rotatable bonds is 10. The van der Waals surface area contributed by atoms with Crippen LogP contribution < -0.4 is 10.1 Å². The van der Waals surface area contributed by atoms with Crippen molar-refractivity contribution in [2.24, 2.45) is 12.0 Å². The largest absolute Gasteiger partial charge is 0.493 e. The van der Waals surface area contributed by atoms with Crippen LogP contribution in [0.1, 0.15) is 75.5 Å². The molecule has 0 spiro atoms. The maximum absolute atomic E-state index is 12.4. The Hall–Kier alpha value is -3.97. The number of amides is 1.